The van der Waals surface area contributed by atoms with E-state index in [2.05, 4.69) is 15.7 Å². The van der Waals surface area contributed by atoms with Gasteiger partial charge in [0, 0.05) is 51.1 Å². The minimum atomic E-state index is 0.177. The van der Waals surface area contributed by atoms with Crippen LogP contribution in [0.3, 0.4) is 0 Å². The number of amides is 1. The van der Waals surface area contributed by atoms with E-state index in [1.807, 2.05) is 17.0 Å². The largest absolute Gasteiger partial charge is 0.396 e. The summed E-state index contributed by atoms with van der Waals surface area (Å²) in [6.45, 7) is 5.44. The van der Waals surface area contributed by atoms with Gasteiger partial charge in [-0.15, -0.1) is 0 Å². The fourth-order valence-corrected chi connectivity index (χ4v) is 4.64. The number of hydrogen-bond donors (Lipinski definition) is 1. The van der Waals surface area contributed by atoms with E-state index < -0.39 is 0 Å². The van der Waals surface area contributed by atoms with Crippen LogP contribution in [0.15, 0.2) is 18.3 Å². The first kappa shape index (κ1) is 18.0. The molecule has 0 bridgehead atoms. The smallest absolute Gasteiger partial charge is 0.270 e. The summed E-state index contributed by atoms with van der Waals surface area (Å²) in [4.78, 5) is 17.7. The fourth-order valence-electron chi connectivity index (χ4n) is 4.64. The Balaban J connectivity index is 1.45. The lowest BCUT2D eigenvalue weighted by molar-refractivity contribution is -0.0198. The van der Waals surface area contributed by atoms with Crippen LogP contribution in [0, 0.1) is 5.92 Å². The third-order valence-electron chi connectivity index (χ3n) is 6.17. The summed E-state index contributed by atoms with van der Waals surface area (Å²) >= 11 is 0. The standard InChI is InChI=1S/C20H31N3O3/c24-12-2-3-16-15-22(9-7-18(16)21-10-13-26-14-11-21)20(25)19-4-1-8-23(19)17-5-6-17/h1,4,8,16-18,24H,2-3,5-7,9-15H2/t16-,18+/m1/s1. The molecule has 0 aromatic carbocycles. The van der Waals surface area contributed by atoms with E-state index in [1.54, 1.807) is 0 Å². The minimum Gasteiger partial charge on any atom is -0.396 e. The zero-order valence-corrected chi connectivity index (χ0v) is 15.6. The van der Waals surface area contributed by atoms with Gasteiger partial charge in [-0.25, -0.2) is 0 Å². The zero-order valence-electron chi connectivity index (χ0n) is 15.6. The molecule has 0 spiro atoms. The highest BCUT2D eigenvalue weighted by Gasteiger charge is 2.36. The molecule has 1 aromatic rings. The molecule has 3 heterocycles. The highest BCUT2D eigenvalue weighted by molar-refractivity contribution is 5.93. The van der Waals surface area contributed by atoms with E-state index in [0.29, 0.717) is 18.0 Å². The van der Waals surface area contributed by atoms with E-state index in [9.17, 15) is 9.90 Å². The van der Waals surface area contributed by atoms with E-state index in [4.69, 9.17) is 4.74 Å². The second-order valence-electron chi connectivity index (χ2n) is 7.91. The van der Waals surface area contributed by atoms with Crippen LogP contribution in [-0.2, 0) is 4.74 Å². The Hall–Kier alpha value is -1.37. The number of morpholine rings is 1. The maximum Gasteiger partial charge on any atom is 0.270 e. The summed E-state index contributed by atoms with van der Waals surface area (Å²) in [6, 6.07) is 5.00. The van der Waals surface area contributed by atoms with Gasteiger partial charge in [0.15, 0.2) is 0 Å². The number of ether oxygens (including phenoxy) is 1. The number of aromatic nitrogens is 1. The number of likely N-dealkylation sites (tertiary alicyclic amines) is 1. The molecule has 6 nitrogen and oxygen atoms in total. The molecule has 1 aromatic heterocycles. The van der Waals surface area contributed by atoms with Crippen molar-refractivity contribution in [3.05, 3.63) is 24.0 Å². The van der Waals surface area contributed by atoms with Crippen molar-refractivity contribution in [1.82, 2.24) is 14.4 Å². The van der Waals surface area contributed by atoms with Crippen LogP contribution in [-0.4, -0.2) is 77.4 Å². The summed E-state index contributed by atoms with van der Waals surface area (Å²) in [6.07, 6.45) is 7.24. The van der Waals surface area contributed by atoms with Gasteiger partial charge in [-0.2, -0.15) is 0 Å². The molecule has 6 heteroatoms. The number of aliphatic hydroxyl groups is 1. The Kier molecular flexibility index (Phi) is 5.62. The normalized spacial score (nSPS) is 27.7. The lowest BCUT2D eigenvalue weighted by Crippen LogP contribution is -2.55. The molecule has 2 saturated heterocycles. The van der Waals surface area contributed by atoms with Gasteiger partial charge in [0.2, 0.25) is 0 Å². The second-order valence-corrected chi connectivity index (χ2v) is 7.91. The van der Waals surface area contributed by atoms with Crippen molar-refractivity contribution in [2.75, 3.05) is 46.0 Å². The maximum atomic E-state index is 13.1. The number of nitrogens with zero attached hydrogens (tertiary/aromatic N) is 3. The number of piperidine rings is 1. The average molecular weight is 361 g/mol. The van der Waals surface area contributed by atoms with Crippen molar-refractivity contribution in [3.63, 3.8) is 0 Å². The second kappa shape index (κ2) is 8.11. The van der Waals surface area contributed by atoms with E-state index in [0.717, 1.165) is 64.3 Å². The Labute approximate surface area is 155 Å². The van der Waals surface area contributed by atoms with E-state index in [-0.39, 0.29) is 12.5 Å². The predicted molar refractivity (Wildman–Crippen MR) is 99.2 cm³/mol. The topological polar surface area (TPSA) is 57.9 Å². The number of rotatable bonds is 6. The van der Waals surface area contributed by atoms with Crippen molar-refractivity contribution >= 4 is 5.91 Å². The number of carbonyl (C=O) groups is 1. The molecule has 0 unspecified atom stereocenters. The molecule has 3 fully saturated rings. The first-order valence-corrected chi connectivity index (χ1v) is 10.2. The Morgan fingerprint density at radius 3 is 2.73 bits per heavy atom. The van der Waals surface area contributed by atoms with Crippen LogP contribution >= 0.6 is 0 Å². The molecule has 4 rings (SSSR count). The first-order chi connectivity index (χ1) is 12.8. The summed E-state index contributed by atoms with van der Waals surface area (Å²) < 4.78 is 7.67. The molecule has 1 aliphatic carbocycles. The van der Waals surface area contributed by atoms with Crippen LogP contribution in [0.25, 0.3) is 0 Å². The summed E-state index contributed by atoms with van der Waals surface area (Å²) in [5.41, 5.74) is 0.846. The summed E-state index contributed by atoms with van der Waals surface area (Å²) in [5.74, 6) is 0.610. The van der Waals surface area contributed by atoms with Crippen molar-refractivity contribution < 1.29 is 14.6 Å². The Morgan fingerprint density at radius 2 is 2.00 bits per heavy atom. The summed E-state index contributed by atoms with van der Waals surface area (Å²) in [5, 5.41) is 9.31. The highest BCUT2D eigenvalue weighted by Crippen LogP contribution is 2.36. The fraction of sp³-hybridized carbons (Fsp3) is 0.750. The molecule has 1 N–H and O–H groups in total. The summed E-state index contributed by atoms with van der Waals surface area (Å²) in [7, 11) is 0. The molecule has 0 radical (unpaired) electrons. The lowest BCUT2D eigenvalue weighted by Gasteiger charge is -2.45. The van der Waals surface area contributed by atoms with E-state index in [1.165, 1.54) is 12.8 Å². The van der Waals surface area contributed by atoms with Crippen molar-refractivity contribution in [1.29, 1.82) is 0 Å². The lowest BCUT2D eigenvalue weighted by atomic mass is 9.86. The van der Waals surface area contributed by atoms with Gasteiger partial charge >= 0.3 is 0 Å². The SMILES string of the molecule is O=C(c1cccn1C1CC1)N1CC[C@H](N2CCOCC2)[C@H](CCCO)C1. The number of carbonyl (C=O) groups excluding carboxylic acids is 1. The van der Waals surface area contributed by atoms with Gasteiger partial charge in [-0.3, -0.25) is 9.69 Å². The molecule has 144 valence electrons. The molecular weight excluding hydrogens is 330 g/mol. The van der Waals surface area contributed by atoms with Gasteiger partial charge in [0.1, 0.15) is 5.69 Å². The quantitative estimate of drug-likeness (QED) is 0.839. The maximum absolute atomic E-state index is 13.1. The third kappa shape index (κ3) is 3.82. The molecule has 26 heavy (non-hydrogen) atoms. The highest BCUT2D eigenvalue weighted by atomic mass is 16.5. The monoisotopic (exact) mass is 361 g/mol. The molecule has 1 saturated carbocycles. The van der Waals surface area contributed by atoms with Crippen LogP contribution in [0.4, 0.5) is 0 Å². The predicted octanol–water partition coefficient (Wildman–Crippen LogP) is 1.76. The zero-order chi connectivity index (χ0) is 17.9. The number of aliphatic hydroxyl groups excluding tert-OH is 1. The molecule has 1 amide bonds. The Morgan fingerprint density at radius 1 is 1.19 bits per heavy atom. The van der Waals surface area contributed by atoms with Gasteiger partial charge in [0.05, 0.1) is 13.2 Å². The first-order valence-electron chi connectivity index (χ1n) is 10.2. The van der Waals surface area contributed by atoms with Gasteiger partial charge in [0.25, 0.3) is 5.91 Å². The number of hydrogen-bond acceptors (Lipinski definition) is 4. The van der Waals surface area contributed by atoms with Crippen molar-refractivity contribution in [2.24, 2.45) is 5.92 Å². The van der Waals surface area contributed by atoms with Crippen LogP contribution < -0.4 is 0 Å². The molecule has 2 atom stereocenters. The third-order valence-corrected chi connectivity index (χ3v) is 6.17. The van der Waals surface area contributed by atoms with Crippen LogP contribution in [0.1, 0.15) is 48.6 Å². The minimum absolute atomic E-state index is 0.177. The van der Waals surface area contributed by atoms with Gasteiger partial charge in [-0.1, -0.05) is 0 Å². The molecule has 3 aliphatic rings. The average Bonchev–Trinajstić information content (AvgIpc) is 3.42. The molecular formula is C20H31N3O3. The molecule has 2 aliphatic heterocycles. The van der Waals surface area contributed by atoms with Gasteiger partial charge in [-0.05, 0) is 50.2 Å². The Bertz CT molecular complexity index is 607. The van der Waals surface area contributed by atoms with Crippen molar-refractivity contribution in [2.45, 2.75) is 44.2 Å². The van der Waals surface area contributed by atoms with Crippen LogP contribution in [0.2, 0.25) is 0 Å². The van der Waals surface area contributed by atoms with Gasteiger partial charge < -0.3 is 19.3 Å². The van der Waals surface area contributed by atoms with Crippen molar-refractivity contribution in [3.8, 4) is 0 Å². The van der Waals surface area contributed by atoms with E-state index >= 15 is 0 Å². The van der Waals surface area contributed by atoms with Crippen LogP contribution in [0.5, 0.6) is 0 Å².